The summed E-state index contributed by atoms with van der Waals surface area (Å²) < 4.78 is 5.52. The van der Waals surface area contributed by atoms with Crippen LogP contribution in [-0.2, 0) is 11.2 Å². The number of carbonyl (C=O) groups is 1. The van der Waals surface area contributed by atoms with Gasteiger partial charge in [-0.3, -0.25) is 9.78 Å². The normalized spacial score (nSPS) is 10.4. The highest BCUT2D eigenvalue weighted by Gasteiger charge is 2.10. The number of hydrogen-bond acceptors (Lipinski definition) is 5. The van der Waals surface area contributed by atoms with Crippen molar-refractivity contribution in [3.05, 3.63) is 59.2 Å². The van der Waals surface area contributed by atoms with Crippen molar-refractivity contribution < 1.29 is 9.53 Å². The molecule has 2 heterocycles. The molecule has 0 atom stereocenters. The minimum Gasteiger partial charge on any atom is -0.492 e. The van der Waals surface area contributed by atoms with E-state index in [1.165, 1.54) is 0 Å². The van der Waals surface area contributed by atoms with E-state index in [0.29, 0.717) is 30.9 Å². The topological polar surface area (TPSA) is 64.1 Å². The van der Waals surface area contributed by atoms with Crippen molar-refractivity contribution in [2.24, 2.45) is 0 Å². The lowest BCUT2D eigenvalue weighted by Crippen LogP contribution is -2.13. The van der Waals surface area contributed by atoms with Gasteiger partial charge in [0.2, 0.25) is 5.91 Å². The SMILES string of the molecule is CCOc1ccccc1NC(=O)CCc1nc(-c2cccnc2)cs1. The van der Waals surface area contributed by atoms with Gasteiger partial charge in [-0.1, -0.05) is 12.1 Å². The fourth-order valence-electron chi connectivity index (χ4n) is 2.36. The van der Waals surface area contributed by atoms with Crippen molar-refractivity contribution in [1.82, 2.24) is 9.97 Å². The zero-order valence-corrected chi connectivity index (χ0v) is 14.8. The Morgan fingerprint density at radius 3 is 2.92 bits per heavy atom. The zero-order chi connectivity index (χ0) is 17.5. The molecule has 128 valence electrons. The molecule has 3 rings (SSSR count). The van der Waals surface area contributed by atoms with Gasteiger partial charge in [0.1, 0.15) is 5.75 Å². The molecule has 0 aliphatic rings. The maximum Gasteiger partial charge on any atom is 0.224 e. The van der Waals surface area contributed by atoms with Crippen molar-refractivity contribution in [3.8, 4) is 17.0 Å². The van der Waals surface area contributed by atoms with Gasteiger partial charge < -0.3 is 10.1 Å². The molecule has 0 bridgehead atoms. The Balaban J connectivity index is 1.57. The molecule has 6 heteroatoms. The molecule has 1 amide bonds. The Labute approximate surface area is 150 Å². The van der Waals surface area contributed by atoms with Crippen LogP contribution in [0.2, 0.25) is 0 Å². The minimum atomic E-state index is -0.0507. The van der Waals surface area contributed by atoms with Crippen LogP contribution in [0.3, 0.4) is 0 Å². The molecule has 0 unspecified atom stereocenters. The highest BCUT2D eigenvalue weighted by molar-refractivity contribution is 7.09. The summed E-state index contributed by atoms with van der Waals surface area (Å²) >= 11 is 1.56. The van der Waals surface area contributed by atoms with Crippen molar-refractivity contribution >= 4 is 22.9 Å². The number of ether oxygens (including phenoxy) is 1. The Morgan fingerprint density at radius 2 is 2.12 bits per heavy atom. The van der Waals surface area contributed by atoms with Gasteiger partial charge in [0.05, 0.1) is 23.0 Å². The number of anilines is 1. The van der Waals surface area contributed by atoms with E-state index in [1.54, 1.807) is 23.7 Å². The summed E-state index contributed by atoms with van der Waals surface area (Å²) in [4.78, 5) is 20.9. The second kappa shape index (κ2) is 8.39. The third-order valence-corrected chi connectivity index (χ3v) is 4.44. The minimum absolute atomic E-state index is 0.0507. The fourth-order valence-corrected chi connectivity index (χ4v) is 3.16. The Bertz CT molecular complexity index is 833. The number of thiazole rings is 1. The number of benzene rings is 1. The first-order chi connectivity index (χ1) is 12.3. The molecular formula is C19H19N3O2S. The van der Waals surface area contributed by atoms with Crippen LogP contribution in [0.25, 0.3) is 11.3 Å². The molecule has 0 spiro atoms. The van der Waals surface area contributed by atoms with Gasteiger partial charge in [0, 0.05) is 36.2 Å². The number of hydrogen-bond donors (Lipinski definition) is 1. The predicted octanol–water partition coefficient (Wildman–Crippen LogP) is 4.18. The summed E-state index contributed by atoms with van der Waals surface area (Å²) in [5.74, 6) is 0.636. The van der Waals surface area contributed by atoms with Crippen molar-refractivity contribution in [1.29, 1.82) is 0 Å². The molecule has 0 aliphatic carbocycles. The highest BCUT2D eigenvalue weighted by Crippen LogP contribution is 2.25. The van der Waals surface area contributed by atoms with Crippen LogP contribution < -0.4 is 10.1 Å². The fraction of sp³-hybridized carbons (Fsp3) is 0.211. The van der Waals surface area contributed by atoms with Crippen LogP contribution in [0.15, 0.2) is 54.2 Å². The third kappa shape index (κ3) is 4.64. The lowest BCUT2D eigenvalue weighted by molar-refractivity contribution is -0.116. The molecule has 5 nitrogen and oxygen atoms in total. The Hall–Kier alpha value is -2.73. The third-order valence-electron chi connectivity index (χ3n) is 3.54. The van der Waals surface area contributed by atoms with Gasteiger partial charge in [0.25, 0.3) is 0 Å². The largest absolute Gasteiger partial charge is 0.492 e. The number of nitrogens with zero attached hydrogens (tertiary/aromatic N) is 2. The van der Waals surface area contributed by atoms with Crippen LogP contribution >= 0.6 is 11.3 Å². The van der Waals surface area contributed by atoms with Gasteiger partial charge >= 0.3 is 0 Å². The molecule has 2 aromatic heterocycles. The van der Waals surface area contributed by atoms with E-state index < -0.39 is 0 Å². The number of rotatable bonds is 7. The maximum absolute atomic E-state index is 12.2. The van der Waals surface area contributed by atoms with E-state index >= 15 is 0 Å². The molecule has 0 fully saturated rings. The molecule has 1 aromatic carbocycles. The average molecular weight is 353 g/mol. The molecular weight excluding hydrogens is 334 g/mol. The second-order valence-corrected chi connectivity index (χ2v) is 6.29. The standard InChI is InChI=1S/C19H19N3O2S/c1-2-24-17-8-4-3-7-15(17)21-18(23)9-10-19-22-16(13-25-19)14-6-5-11-20-12-14/h3-8,11-13H,2,9-10H2,1H3,(H,21,23). The van der Waals surface area contributed by atoms with Gasteiger partial charge in [-0.2, -0.15) is 0 Å². The first kappa shape index (κ1) is 17.1. The summed E-state index contributed by atoms with van der Waals surface area (Å²) in [5, 5.41) is 5.84. The molecule has 25 heavy (non-hydrogen) atoms. The number of aryl methyl sites for hydroxylation is 1. The van der Waals surface area contributed by atoms with Crippen LogP contribution in [0.1, 0.15) is 18.4 Å². The maximum atomic E-state index is 12.2. The van der Waals surface area contributed by atoms with E-state index in [9.17, 15) is 4.79 Å². The summed E-state index contributed by atoms with van der Waals surface area (Å²) in [7, 11) is 0. The number of pyridine rings is 1. The molecule has 1 N–H and O–H groups in total. The number of nitrogens with one attached hydrogen (secondary N) is 1. The van der Waals surface area contributed by atoms with Crippen molar-refractivity contribution in [3.63, 3.8) is 0 Å². The van der Waals surface area contributed by atoms with E-state index in [2.05, 4.69) is 15.3 Å². The molecule has 0 aliphatic heterocycles. The number of carbonyl (C=O) groups excluding carboxylic acids is 1. The van der Waals surface area contributed by atoms with E-state index in [1.807, 2.05) is 48.7 Å². The summed E-state index contributed by atoms with van der Waals surface area (Å²) in [6.07, 6.45) is 4.51. The van der Waals surface area contributed by atoms with Crippen LogP contribution in [0, 0.1) is 0 Å². The van der Waals surface area contributed by atoms with Gasteiger partial charge in [0.15, 0.2) is 0 Å². The van der Waals surface area contributed by atoms with Gasteiger partial charge in [-0.25, -0.2) is 4.98 Å². The smallest absolute Gasteiger partial charge is 0.224 e. The summed E-state index contributed by atoms with van der Waals surface area (Å²) in [5.41, 5.74) is 2.58. The highest BCUT2D eigenvalue weighted by atomic mass is 32.1. The van der Waals surface area contributed by atoms with E-state index in [0.717, 1.165) is 16.3 Å². The monoisotopic (exact) mass is 353 g/mol. The van der Waals surface area contributed by atoms with Gasteiger partial charge in [-0.15, -0.1) is 11.3 Å². The molecule has 0 radical (unpaired) electrons. The first-order valence-corrected chi connectivity index (χ1v) is 9.00. The van der Waals surface area contributed by atoms with E-state index in [4.69, 9.17) is 4.74 Å². The van der Waals surface area contributed by atoms with Crippen molar-refractivity contribution in [2.45, 2.75) is 19.8 Å². The van der Waals surface area contributed by atoms with Crippen molar-refractivity contribution in [2.75, 3.05) is 11.9 Å². The Kier molecular flexibility index (Phi) is 5.74. The zero-order valence-electron chi connectivity index (χ0n) is 13.9. The van der Waals surface area contributed by atoms with Crippen LogP contribution in [0.5, 0.6) is 5.75 Å². The first-order valence-electron chi connectivity index (χ1n) is 8.12. The number of amides is 1. The summed E-state index contributed by atoms with van der Waals surface area (Å²) in [6, 6.07) is 11.3. The lowest BCUT2D eigenvalue weighted by atomic mass is 10.2. The summed E-state index contributed by atoms with van der Waals surface area (Å²) in [6.45, 7) is 2.48. The van der Waals surface area contributed by atoms with Gasteiger partial charge in [-0.05, 0) is 31.2 Å². The number of aromatic nitrogens is 2. The Morgan fingerprint density at radius 1 is 1.24 bits per heavy atom. The molecule has 0 saturated carbocycles. The molecule has 0 saturated heterocycles. The molecule has 3 aromatic rings. The second-order valence-electron chi connectivity index (χ2n) is 5.35. The van der Waals surface area contributed by atoms with Crippen LogP contribution in [-0.4, -0.2) is 22.5 Å². The quantitative estimate of drug-likeness (QED) is 0.692. The predicted molar refractivity (Wildman–Crippen MR) is 99.9 cm³/mol. The lowest BCUT2D eigenvalue weighted by Gasteiger charge is -2.10. The number of para-hydroxylation sites is 2. The van der Waals surface area contributed by atoms with Crippen LogP contribution in [0.4, 0.5) is 5.69 Å². The average Bonchev–Trinajstić information content (AvgIpc) is 3.12. The van der Waals surface area contributed by atoms with E-state index in [-0.39, 0.29) is 5.91 Å².